The zero-order valence-electron chi connectivity index (χ0n) is 18.5. The average Bonchev–Trinajstić information content (AvgIpc) is 2.73. The van der Waals surface area contributed by atoms with Crippen molar-refractivity contribution in [2.45, 2.75) is 26.4 Å². The lowest BCUT2D eigenvalue weighted by molar-refractivity contribution is 0.281. The maximum atomic E-state index is 5.78. The number of nitrogens with zero attached hydrogens (tertiary/aromatic N) is 2. The van der Waals surface area contributed by atoms with Crippen LogP contribution in [0.25, 0.3) is 0 Å². The number of hydrogen-bond donors (Lipinski definition) is 2. The van der Waals surface area contributed by atoms with Gasteiger partial charge in [0.1, 0.15) is 11.5 Å². The Kier molecular flexibility index (Phi) is 12.9. The van der Waals surface area contributed by atoms with Gasteiger partial charge in [-0.1, -0.05) is 30.3 Å². The average molecular weight is 526 g/mol. The van der Waals surface area contributed by atoms with Crippen LogP contribution in [0.3, 0.4) is 0 Å². The van der Waals surface area contributed by atoms with Gasteiger partial charge in [0.05, 0.1) is 13.2 Å². The van der Waals surface area contributed by atoms with E-state index in [9.17, 15) is 0 Å². The van der Waals surface area contributed by atoms with E-state index in [1.807, 2.05) is 37.3 Å². The summed E-state index contributed by atoms with van der Waals surface area (Å²) in [5, 5.41) is 6.68. The van der Waals surface area contributed by atoms with Crippen molar-refractivity contribution in [2.24, 2.45) is 4.99 Å². The van der Waals surface area contributed by atoms with Gasteiger partial charge in [-0.15, -0.1) is 24.0 Å². The normalized spacial score (nSPS) is 11.0. The summed E-state index contributed by atoms with van der Waals surface area (Å²) in [7, 11) is 5.92. The molecule has 30 heavy (non-hydrogen) atoms. The second kappa shape index (κ2) is 14.9. The number of guanidine groups is 1. The minimum absolute atomic E-state index is 0. The van der Waals surface area contributed by atoms with E-state index in [1.54, 1.807) is 7.05 Å². The molecule has 0 aromatic heterocycles. The van der Waals surface area contributed by atoms with E-state index in [4.69, 9.17) is 9.47 Å². The number of aliphatic imine (C=N–C) groups is 1. The molecule has 2 N–H and O–H groups in total. The molecule has 0 saturated heterocycles. The summed E-state index contributed by atoms with van der Waals surface area (Å²) in [5.41, 5.74) is 2.27. The van der Waals surface area contributed by atoms with Crippen molar-refractivity contribution in [2.75, 3.05) is 40.9 Å². The van der Waals surface area contributed by atoms with Gasteiger partial charge < -0.3 is 25.0 Å². The van der Waals surface area contributed by atoms with E-state index >= 15 is 0 Å². The largest absolute Gasteiger partial charge is 0.494 e. The second-order valence-electron chi connectivity index (χ2n) is 6.97. The number of benzene rings is 2. The molecule has 0 saturated carbocycles. The van der Waals surface area contributed by atoms with E-state index in [0.717, 1.165) is 42.6 Å². The first-order valence-electron chi connectivity index (χ1n) is 10.1. The Labute approximate surface area is 198 Å². The number of nitrogens with one attached hydrogen (secondary N) is 2. The minimum atomic E-state index is 0. The van der Waals surface area contributed by atoms with Gasteiger partial charge in [-0.3, -0.25) is 4.99 Å². The molecule has 0 heterocycles. The summed E-state index contributed by atoms with van der Waals surface area (Å²) in [4.78, 5) is 6.46. The first-order valence-corrected chi connectivity index (χ1v) is 10.1. The molecule has 0 fully saturated rings. The zero-order chi connectivity index (χ0) is 20.9. The third-order valence-corrected chi connectivity index (χ3v) is 4.34. The Morgan fingerprint density at radius 3 is 2.33 bits per heavy atom. The van der Waals surface area contributed by atoms with Crippen LogP contribution < -0.4 is 20.1 Å². The monoisotopic (exact) mass is 526 g/mol. The molecule has 0 atom stereocenters. The van der Waals surface area contributed by atoms with Gasteiger partial charge in [-0.05, 0) is 51.2 Å². The number of rotatable bonds is 11. The van der Waals surface area contributed by atoms with Gasteiger partial charge in [0.25, 0.3) is 0 Å². The van der Waals surface area contributed by atoms with Crippen LogP contribution in [0.15, 0.2) is 53.5 Å². The van der Waals surface area contributed by atoms with Gasteiger partial charge >= 0.3 is 0 Å². The molecular formula is C23H35IN4O2. The Morgan fingerprint density at radius 2 is 1.67 bits per heavy atom. The molecule has 7 heteroatoms. The lowest BCUT2D eigenvalue weighted by Gasteiger charge is -2.14. The lowest BCUT2D eigenvalue weighted by Crippen LogP contribution is -2.36. The van der Waals surface area contributed by atoms with Crippen molar-refractivity contribution >= 4 is 29.9 Å². The summed E-state index contributed by atoms with van der Waals surface area (Å²) in [6.07, 6.45) is 1.02. The van der Waals surface area contributed by atoms with Gasteiger partial charge in [-0.25, -0.2) is 0 Å². The Bertz CT molecular complexity index is 751. The smallest absolute Gasteiger partial charge is 0.191 e. The number of ether oxygens (including phenoxy) is 2. The van der Waals surface area contributed by atoms with Crippen molar-refractivity contribution in [3.63, 3.8) is 0 Å². The topological polar surface area (TPSA) is 58.1 Å². The van der Waals surface area contributed by atoms with E-state index < -0.39 is 0 Å². The van der Waals surface area contributed by atoms with E-state index in [0.29, 0.717) is 19.7 Å². The van der Waals surface area contributed by atoms with Crippen LogP contribution in [0.5, 0.6) is 11.5 Å². The highest BCUT2D eigenvalue weighted by Crippen LogP contribution is 2.17. The fourth-order valence-electron chi connectivity index (χ4n) is 2.81. The van der Waals surface area contributed by atoms with Crippen molar-refractivity contribution in [3.05, 3.63) is 59.7 Å². The molecule has 0 bridgehead atoms. The van der Waals surface area contributed by atoms with Crippen LogP contribution in [0.2, 0.25) is 0 Å². The van der Waals surface area contributed by atoms with Crippen molar-refractivity contribution in [3.8, 4) is 11.5 Å². The molecule has 0 amide bonds. The van der Waals surface area contributed by atoms with E-state index in [2.05, 4.69) is 52.8 Å². The first kappa shape index (κ1) is 26.0. The predicted molar refractivity (Wildman–Crippen MR) is 135 cm³/mol. The van der Waals surface area contributed by atoms with Crippen LogP contribution in [-0.2, 0) is 13.1 Å². The third kappa shape index (κ3) is 9.67. The van der Waals surface area contributed by atoms with Crippen LogP contribution in [-0.4, -0.2) is 51.8 Å². The van der Waals surface area contributed by atoms with E-state index in [1.165, 1.54) is 5.56 Å². The quantitative estimate of drug-likeness (QED) is 0.201. The molecule has 0 aliphatic rings. The highest BCUT2D eigenvalue weighted by Gasteiger charge is 2.04. The van der Waals surface area contributed by atoms with Crippen LogP contribution in [0.4, 0.5) is 0 Å². The summed E-state index contributed by atoms with van der Waals surface area (Å²) in [5.74, 6) is 2.56. The number of para-hydroxylation sites is 1. The highest BCUT2D eigenvalue weighted by atomic mass is 127. The molecule has 2 aromatic rings. The fourth-order valence-corrected chi connectivity index (χ4v) is 2.81. The third-order valence-electron chi connectivity index (χ3n) is 4.34. The van der Waals surface area contributed by atoms with Gasteiger partial charge in [0.2, 0.25) is 0 Å². The van der Waals surface area contributed by atoms with Gasteiger partial charge in [0, 0.05) is 32.2 Å². The Hall–Kier alpha value is -2.00. The number of halogens is 1. The molecule has 2 aromatic carbocycles. The molecular weight excluding hydrogens is 491 g/mol. The van der Waals surface area contributed by atoms with Crippen LogP contribution in [0, 0.1) is 0 Å². The Morgan fingerprint density at radius 1 is 0.967 bits per heavy atom. The van der Waals surface area contributed by atoms with Crippen molar-refractivity contribution in [1.82, 2.24) is 15.5 Å². The minimum Gasteiger partial charge on any atom is -0.494 e. The maximum absolute atomic E-state index is 5.78. The van der Waals surface area contributed by atoms with Crippen molar-refractivity contribution < 1.29 is 9.47 Å². The van der Waals surface area contributed by atoms with Gasteiger partial charge in [-0.2, -0.15) is 0 Å². The standard InChI is InChI=1S/C23H34N4O2.HI/c1-5-28-22-10-7-6-9-20(22)18-26-23(24-2)25-17-19-11-13-21(14-12-19)29-16-8-15-27(3)4;/h6-7,9-14H,5,8,15-18H2,1-4H3,(H2,24,25,26);1H. The molecule has 6 nitrogen and oxygen atoms in total. The fraction of sp³-hybridized carbons (Fsp3) is 0.435. The van der Waals surface area contributed by atoms with Crippen LogP contribution in [0.1, 0.15) is 24.5 Å². The zero-order valence-corrected chi connectivity index (χ0v) is 20.8. The molecule has 0 aliphatic carbocycles. The predicted octanol–water partition coefficient (Wildman–Crippen LogP) is 3.90. The summed E-state index contributed by atoms with van der Waals surface area (Å²) in [6.45, 7) is 5.74. The van der Waals surface area contributed by atoms with E-state index in [-0.39, 0.29) is 24.0 Å². The first-order chi connectivity index (χ1) is 14.1. The molecule has 0 unspecified atom stereocenters. The summed E-state index contributed by atoms with van der Waals surface area (Å²) >= 11 is 0. The maximum Gasteiger partial charge on any atom is 0.191 e. The number of hydrogen-bond acceptors (Lipinski definition) is 4. The molecule has 0 aliphatic heterocycles. The van der Waals surface area contributed by atoms with Crippen LogP contribution >= 0.6 is 24.0 Å². The molecule has 0 radical (unpaired) electrons. The lowest BCUT2D eigenvalue weighted by atomic mass is 10.2. The second-order valence-corrected chi connectivity index (χ2v) is 6.97. The highest BCUT2D eigenvalue weighted by molar-refractivity contribution is 14.0. The molecule has 2 rings (SSSR count). The summed E-state index contributed by atoms with van der Waals surface area (Å²) < 4.78 is 11.5. The van der Waals surface area contributed by atoms with Gasteiger partial charge in [0.15, 0.2) is 5.96 Å². The Balaban J connectivity index is 0.00000450. The summed E-state index contributed by atoms with van der Waals surface area (Å²) in [6, 6.07) is 16.2. The molecule has 0 spiro atoms. The molecule has 166 valence electrons. The van der Waals surface area contributed by atoms with Crippen molar-refractivity contribution in [1.29, 1.82) is 0 Å². The SMILES string of the molecule is CCOc1ccccc1CNC(=NC)NCc1ccc(OCCCN(C)C)cc1.I.